The molecule has 2 aliphatic heterocycles. The molecular formula is C23H37N5O2. The van der Waals surface area contributed by atoms with Crippen molar-refractivity contribution in [3.05, 3.63) is 24.3 Å². The molecule has 0 aromatic heterocycles. The second-order valence-corrected chi connectivity index (χ2v) is 9.49. The molecule has 2 heterocycles. The van der Waals surface area contributed by atoms with E-state index >= 15 is 0 Å². The van der Waals surface area contributed by atoms with E-state index in [2.05, 4.69) is 37.5 Å². The Bertz CT molecular complexity index is 707. The van der Waals surface area contributed by atoms with E-state index in [9.17, 15) is 9.59 Å². The average molecular weight is 416 g/mol. The van der Waals surface area contributed by atoms with Crippen LogP contribution in [0, 0.1) is 0 Å². The molecule has 3 rings (SSSR count). The largest absolute Gasteiger partial charge is 0.372 e. The molecule has 7 heteroatoms. The fraction of sp³-hybridized carbons (Fsp3) is 0.652. The first-order valence-electron chi connectivity index (χ1n) is 11.2. The SMILES string of the molecule is CC(C)(C)NC(=O)CN1CCCN(CC(=O)Nc2ccc(N3CCCC3)cc2)CC1. The van der Waals surface area contributed by atoms with Gasteiger partial charge in [-0.1, -0.05) is 0 Å². The molecule has 0 unspecified atom stereocenters. The lowest BCUT2D eigenvalue weighted by molar-refractivity contribution is -0.123. The van der Waals surface area contributed by atoms with Crippen molar-refractivity contribution in [2.75, 3.05) is 62.6 Å². The molecule has 0 saturated carbocycles. The number of hydrogen-bond donors (Lipinski definition) is 2. The van der Waals surface area contributed by atoms with Crippen molar-refractivity contribution in [1.29, 1.82) is 0 Å². The highest BCUT2D eigenvalue weighted by Crippen LogP contribution is 2.22. The first kappa shape index (κ1) is 22.6. The number of anilines is 2. The lowest BCUT2D eigenvalue weighted by Gasteiger charge is -2.25. The monoisotopic (exact) mass is 415 g/mol. The summed E-state index contributed by atoms with van der Waals surface area (Å²) in [6, 6.07) is 8.16. The van der Waals surface area contributed by atoms with Crippen LogP contribution >= 0.6 is 0 Å². The van der Waals surface area contributed by atoms with Crippen molar-refractivity contribution in [1.82, 2.24) is 15.1 Å². The molecule has 0 spiro atoms. The number of carbonyl (C=O) groups excluding carboxylic acids is 2. The number of amides is 2. The normalized spacial score (nSPS) is 18.8. The molecule has 0 atom stereocenters. The van der Waals surface area contributed by atoms with Crippen LogP contribution in [0.25, 0.3) is 0 Å². The van der Waals surface area contributed by atoms with Gasteiger partial charge in [0.05, 0.1) is 13.1 Å². The molecule has 0 radical (unpaired) electrons. The molecule has 2 N–H and O–H groups in total. The van der Waals surface area contributed by atoms with Crippen molar-refractivity contribution in [3.8, 4) is 0 Å². The van der Waals surface area contributed by atoms with Crippen LogP contribution in [0.5, 0.6) is 0 Å². The van der Waals surface area contributed by atoms with Crippen LogP contribution in [0.2, 0.25) is 0 Å². The quantitative estimate of drug-likeness (QED) is 0.745. The fourth-order valence-corrected chi connectivity index (χ4v) is 4.14. The zero-order valence-corrected chi connectivity index (χ0v) is 18.7. The van der Waals surface area contributed by atoms with Gasteiger partial charge < -0.3 is 15.5 Å². The van der Waals surface area contributed by atoms with Crippen LogP contribution in [-0.4, -0.2) is 79.5 Å². The minimum absolute atomic E-state index is 0.0165. The maximum atomic E-state index is 12.5. The van der Waals surface area contributed by atoms with Crippen molar-refractivity contribution in [2.24, 2.45) is 0 Å². The predicted molar refractivity (Wildman–Crippen MR) is 122 cm³/mol. The summed E-state index contributed by atoms with van der Waals surface area (Å²) in [4.78, 5) is 31.4. The van der Waals surface area contributed by atoms with Gasteiger partial charge in [-0.15, -0.1) is 0 Å². The number of carbonyl (C=O) groups is 2. The highest BCUT2D eigenvalue weighted by atomic mass is 16.2. The molecule has 0 bridgehead atoms. The summed E-state index contributed by atoms with van der Waals surface area (Å²) in [7, 11) is 0. The zero-order valence-electron chi connectivity index (χ0n) is 18.7. The smallest absolute Gasteiger partial charge is 0.238 e. The Morgan fingerprint density at radius 2 is 1.37 bits per heavy atom. The van der Waals surface area contributed by atoms with Gasteiger partial charge in [-0.05, 0) is 77.4 Å². The Balaban J connectivity index is 1.41. The fourth-order valence-electron chi connectivity index (χ4n) is 4.14. The van der Waals surface area contributed by atoms with Gasteiger partial charge in [0.25, 0.3) is 0 Å². The van der Waals surface area contributed by atoms with E-state index < -0.39 is 0 Å². The third-order valence-electron chi connectivity index (χ3n) is 5.55. The minimum Gasteiger partial charge on any atom is -0.372 e. The predicted octanol–water partition coefficient (Wildman–Crippen LogP) is 2.15. The summed E-state index contributed by atoms with van der Waals surface area (Å²) in [6.07, 6.45) is 3.47. The number of rotatable bonds is 6. The molecule has 2 amide bonds. The highest BCUT2D eigenvalue weighted by Gasteiger charge is 2.21. The molecule has 1 aromatic carbocycles. The third-order valence-corrected chi connectivity index (χ3v) is 5.55. The van der Waals surface area contributed by atoms with E-state index in [1.54, 1.807) is 0 Å². The standard InChI is InChI=1S/C23H37N5O2/c1-23(2,3)25-22(30)18-27-12-6-11-26(15-16-27)17-21(29)24-19-7-9-20(10-8-19)28-13-4-5-14-28/h7-10H,4-6,11-18H2,1-3H3,(H,24,29)(H,25,30). The van der Waals surface area contributed by atoms with Crippen LogP contribution in [0.4, 0.5) is 11.4 Å². The Hall–Kier alpha value is -2.12. The molecule has 2 aliphatic rings. The van der Waals surface area contributed by atoms with Crippen molar-refractivity contribution >= 4 is 23.2 Å². The number of nitrogens with zero attached hydrogens (tertiary/aromatic N) is 3. The van der Waals surface area contributed by atoms with E-state index in [1.165, 1.54) is 18.5 Å². The summed E-state index contributed by atoms with van der Waals surface area (Å²) < 4.78 is 0. The minimum atomic E-state index is -0.209. The molecule has 2 fully saturated rings. The first-order valence-corrected chi connectivity index (χ1v) is 11.2. The first-order chi connectivity index (χ1) is 14.3. The summed E-state index contributed by atoms with van der Waals surface area (Å²) in [5.41, 5.74) is 1.87. The number of benzene rings is 1. The van der Waals surface area contributed by atoms with Gasteiger partial charge in [0, 0.05) is 43.1 Å². The Morgan fingerprint density at radius 1 is 0.800 bits per heavy atom. The molecule has 1 aromatic rings. The van der Waals surface area contributed by atoms with E-state index in [1.807, 2.05) is 32.9 Å². The number of nitrogens with one attached hydrogen (secondary N) is 2. The zero-order chi connectivity index (χ0) is 21.6. The summed E-state index contributed by atoms with van der Waals surface area (Å²) in [6.45, 7) is 12.4. The molecule has 2 saturated heterocycles. The van der Waals surface area contributed by atoms with Gasteiger partial charge in [0.15, 0.2) is 0 Å². The number of hydrogen-bond acceptors (Lipinski definition) is 5. The Kier molecular flexibility index (Phi) is 7.72. The lowest BCUT2D eigenvalue weighted by Crippen LogP contribution is -2.46. The van der Waals surface area contributed by atoms with Gasteiger partial charge in [0.2, 0.25) is 11.8 Å². The second kappa shape index (κ2) is 10.3. The summed E-state index contributed by atoms with van der Waals surface area (Å²) >= 11 is 0. The van der Waals surface area contributed by atoms with Gasteiger partial charge in [-0.25, -0.2) is 0 Å². The maximum Gasteiger partial charge on any atom is 0.238 e. The van der Waals surface area contributed by atoms with Gasteiger partial charge in [-0.3, -0.25) is 19.4 Å². The molecular weight excluding hydrogens is 378 g/mol. The van der Waals surface area contributed by atoms with E-state index in [-0.39, 0.29) is 17.4 Å². The van der Waals surface area contributed by atoms with Crippen LogP contribution in [0.3, 0.4) is 0 Å². The molecule has 0 aliphatic carbocycles. The Morgan fingerprint density at radius 3 is 1.93 bits per heavy atom. The molecule has 166 valence electrons. The average Bonchev–Trinajstić information content (AvgIpc) is 3.11. The third kappa shape index (κ3) is 7.29. The van der Waals surface area contributed by atoms with E-state index in [0.717, 1.165) is 51.4 Å². The van der Waals surface area contributed by atoms with Crippen molar-refractivity contribution < 1.29 is 9.59 Å². The van der Waals surface area contributed by atoms with Gasteiger partial charge in [-0.2, -0.15) is 0 Å². The van der Waals surface area contributed by atoms with Crippen LogP contribution in [-0.2, 0) is 9.59 Å². The van der Waals surface area contributed by atoms with Crippen molar-refractivity contribution in [3.63, 3.8) is 0 Å². The summed E-state index contributed by atoms with van der Waals surface area (Å²) in [5, 5.41) is 6.04. The molecule has 30 heavy (non-hydrogen) atoms. The van der Waals surface area contributed by atoms with Crippen LogP contribution in [0.1, 0.15) is 40.0 Å². The summed E-state index contributed by atoms with van der Waals surface area (Å²) in [5.74, 6) is 0.0777. The maximum absolute atomic E-state index is 12.5. The van der Waals surface area contributed by atoms with Crippen LogP contribution in [0.15, 0.2) is 24.3 Å². The lowest BCUT2D eigenvalue weighted by atomic mass is 10.1. The Labute approximate surface area is 180 Å². The van der Waals surface area contributed by atoms with E-state index in [0.29, 0.717) is 13.1 Å². The van der Waals surface area contributed by atoms with Crippen molar-refractivity contribution in [2.45, 2.75) is 45.6 Å². The highest BCUT2D eigenvalue weighted by molar-refractivity contribution is 5.92. The molecule has 7 nitrogen and oxygen atoms in total. The van der Waals surface area contributed by atoms with E-state index in [4.69, 9.17) is 0 Å². The van der Waals surface area contributed by atoms with Gasteiger partial charge in [0.1, 0.15) is 0 Å². The second-order valence-electron chi connectivity index (χ2n) is 9.49. The van der Waals surface area contributed by atoms with Crippen LogP contribution < -0.4 is 15.5 Å². The van der Waals surface area contributed by atoms with Gasteiger partial charge >= 0.3 is 0 Å². The topological polar surface area (TPSA) is 67.9 Å².